The van der Waals surface area contributed by atoms with E-state index < -0.39 is 0 Å². The predicted octanol–water partition coefficient (Wildman–Crippen LogP) is 4.21. The highest BCUT2D eigenvalue weighted by molar-refractivity contribution is 7.12. The third kappa shape index (κ3) is 5.39. The molecule has 2 amide bonds. The van der Waals surface area contributed by atoms with E-state index in [1.165, 1.54) is 0 Å². The first-order valence-electron chi connectivity index (χ1n) is 9.41. The second-order valence-corrected chi connectivity index (χ2v) is 7.24. The molecule has 0 atom stereocenters. The molecule has 0 unspecified atom stereocenters. The summed E-state index contributed by atoms with van der Waals surface area (Å²) < 4.78 is 1.79. The third-order valence-corrected chi connectivity index (χ3v) is 4.97. The zero-order valence-corrected chi connectivity index (χ0v) is 17.5. The van der Waals surface area contributed by atoms with Crippen molar-refractivity contribution in [2.45, 2.75) is 27.2 Å². The van der Waals surface area contributed by atoms with E-state index in [0.717, 1.165) is 33.5 Å². The Morgan fingerprint density at radius 3 is 2.69 bits per heavy atom. The van der Waals surface area contributed by atoms with E-state index in [-0.39, 0.29) is 6.03 Å². The maximum Gasteiger partial charge on any atom is 0.319 e. The fraction of sp³-hybridized carbons (Fsp3) is 0.238. The van der Waals surface area contributed by atoms with Gasteiger partial charge in [0.25, 0.3) is 0 Å². The summed E-state index contributed by atoms with van der Waals surface area (Å²) in [5, 5.41) is 20.8. The zero-order chi connectivity index (χ0) is 20.6. The van der Waals surface area contributed by atoms with E-state index in [1.807, 2.05) is 74.7 Å². The number of nitrogens with one attached hydrogen (secondary N) is 2. The fourth-order valence-corrected chi connectivity index (χ4v) is 3.41. The number of thiophene rings is 1. The van der Waals surface area contributed by atoms with Crippen molar-refractivity contribution in [3.63, 3.8) is 0 Å². The lowest BCUT2D eigenvalue weighted by molar-refractivity contribution is 0.252. The van der Waals surface area contributed by atoms with Gasteiger partial charge in [0.05, 0.1) is 4.88 Å². The smallest absolute Gasteiger partial charge is 0.319 e. The van der Waals surface area contributed by atoms with Crippen LogP contribution < -0.4 is 10.6 Å². The van der Waals surface area contributed by atoms with Crippen LogP contribution >= 0.6 is 11.3 Å². The number of amides is 2. The molecule has 29 heavy (non-hydrogen) atoms. The van der Waals surface area contributed by atoms with Gasteiger partial charge in [-0.3, -0.25) is 0 Å². The predicted molar refractivity (Wildman–Crippen MR) is 118 cm³/mol. The van der Waals surface area contributed by atoms with Gasteiger partial charge in [-0.15, -0.1) is 21.5 Å². The normalized spacial score (nSPS) is 11.8. The van der Waals surface area contributed by atoms with E-state index in [0.29, 0.717) is 13.0 Å². The van der Waals surface area contributed by atoms with Crippen LogP contribution in [0.1, 0.15) is 35.9 Å². The van der Waals surface area contributed by atoms with Crippen LogP contribution in [-0.4, -0.2) is 33.2 Å². The van der Waals surface area contributed by atoms with Gasteiger partial charge < -0.3 is 10.6 Å². The van der Waals surface area contributed by atoms with Crippen LogP contribution in [0, 0.1) is 6.92 Å². The van der Waals surface area contributed by atoms with Gasteiger partial charge in [0.15, 0.2) is 11.6 Å². The van der Waals surface area contributed by atoms with Crippen LogP contribution in [0.15, 0.2) is 59.0 Å². The number of benzene rings is 1. The summed E-state index contributed by atoms with van der Waals surface area (Å²) >= 11 is 1.64. The average Bonchev–Trinajstić information content (AvgIpc) is 3.35. The number of allylic oxidation sites excluding steroid dienone is 2. The second-order valence-electron chi connectivity index (χ2n) is 6.30. The molecule has 2 N–H and O–H groups in total. The number of anilines is 1. The Bertz CT molecular complexity index is 1000. The molecule has 0 aliphatic heterocycles. The van der Waals surface area contributed by atoms with Crippen LogP contribution in [0.25, 0.3) is 0 Å². The number of carbonyl (C=O) groups is 1. The molecule has 3 aromatic rings. The maximum absolute atomic E-state index is 11.6. The minimum Gasteiger partial charge on any atom is -0.338 e. The number of urea groups is 1. The highest BCUT2D eigenvalue weighted by Gasteiger charge is 2.11. The molecule has 0 fully saturated rings. The molecular formula is C21H24N6OS. The number of aryl methyl sites for hydroxylation is 1. The van der Waals surface area contributed by atoms with Crippen LogP contribution in [0.4, 0.5) is 10.5 Å². The molecule has 0 bridgehead atoms. The summed E-state index contributed by atoms with van der Waals surface area (Å²) in [5.41, 5.74) is 2.66. The van der Waals surface area contributed by atoms with Gasteiger partial charge >= 0.3 is 6.03 Å². The highest BCUT2D eigenvalue weighted by atomic mass is 32.1. The average molecular weight is 409 g/mol. The zero-order valence-electron chi connectivity index (χ0n) is 16.7. The molecule has 0 saturated heterocycles. The molecular weight excluding hydrogens is 384 g/mol. The number of carbonyl (C=O) groups excluding carboxylic acids is 1. The molecule has 0 aliphatic rings. The van der Waals surface area contributed by atoms with E-state index in [4.69, 9.17) is 5.10 Å². The Hall–Kier alpha value is -3.26. The van der Waals surface area contributed by atoms with Crippen LogP contribution in [0.2, 0.25) is 0 Å². The summed E-state index contributed by atoms with van der Waals surface area (Å²) in [6.07, 6.45) is 4.54. The van der Waals surface area contributed by atoms with Crippen molar-refractivity contribution in [2.24, 2.45) is 5.10 Å². The summed E-state index contributed by atoms with van der Waals surface area (Å²) in [5.74, 6) is 1.48. The molecule has 150 valence electrons. The number of rotatable bonds is 7. The minimum absolute atomic E-state index is 0.213. The molecule has 8 heteroatoms. The van der Waals surface area contributed by atoms with E-state index in [2.05, 4.69) is 20.8 Å². The van der Waals surface area contributed by atoms with Gasteiger partial charge in [-0.05, 0) is 56.0 Å². The van der Waals surface area contributed by atoms with Crippen LogP contribution in [0.3, 0.4) is 0 Å². The Morgan fingerprint density at radius 2 is 2.03 bits per heavy atom. The fourth-order valence-electron chi connectivity index (χ4n) is 2.72. The third-order valence-electron chi connectivity index (χ3n) is 4.08. The standard InChI is InChI=1S/C21H24N6OS/c1-4-7-18(19-8-6-13-29-19)26-27-15(3)24-25-20(27)14-16-9-11-17(12-10-16)23-21(28)22-5-2/h4,6-13H,5,14H2,1-3H3,(H2,22,23,28)/b7-4-,26-18+. The van der Waals surface area contributed by atoms with Gasteiger partial charge in [-0.25, -0.2) is 9.47 Å². The quantitative estimate of drug-likeness (QED) is 0.575. The van der Waals surface area contributed by atoms with Crippen molar-refractivity contribution >= 4 is 28.8 Å². The van der Waals surface area contributed by atoms with Gasteiger partial charge in [-0.1, -0.05) is 24.3 Å². The minimum atomic E-state index is -0.213. The first-order chi connectivity index (χ1) is 14.1. The Kier molecular flexibility index (Phi) is 6.91. The SMILES string of the molecule is C/C=C\C(=N/n1c(C)nnc1Cc1ccc(NC(=O)NCC)cc1)c1cccs1. The summed E-state index contributed by atoms with van der Waals surface area (Å²) in [6.45, 7) is 6.32. The Morgan fingerprint density at radius 1 is 1.24 bits per heavy atom. The molecule has 2 aromatic heterocycles. The Balaban J connectivity index is 1.81. The first kappa shape index (κ1) is 20.5. The van der Waals surface area contributed by atoms with E-state index >= 15 is 0 Å². The monoisotopic (exact) mass is 408 g/mol. The summed E-state index contributed by atoms with van der Waals surface area (Å²) in [4.78, 5) is 12.7. The van der Waals surface area contributed by atoms with E-state index in [1.54, 1.807) is 16.0 Å². The molecule has 3 rings (SSSR count). The van der Waals surface area contributed by atoms with Crippen molar-refractivity contribution in [1.82, 2.24) is 20.2 Å². The molecule has 0 saturated carbocycles. The van der Waals surface area contributed by atoms with Gasteiger partial charge in [0, 0.05) is 18.7 Å². The number of hydrogen-bond donors (Lipinski definition) is 2. The van der Waals surface area contributed by atoms with Gasteiger partial charge in [0.2, 0.25) is 0 Å². The first-order valence-corrected chi connectivity index (χ1v) is 10.3. The maximum atomic E-state index is 11.6. The summed E-state index contributed by atoms with van der Waals surface area (Å²) in [7, 11) is 0. The molecule has 0 radical (unpaired) electrons. The van der Waals surface area contributed by atoms with Gasteiger partial charge in [-0.2, -0.15) is 5.10 Å². The lowest BCUT2D eigenvalue weighted by atomic mass is 10.1. The van der Waals surface area contributed by atoms with Crippen molar-refractivity contribution < 1.29 is 4.79 Å². The molecule has 2 heterocycles. The van der Waals surface area contributed by atoms with E-state index in [9.17, 15) is 4.79 Å². The number of hydrogen-bond acceptors (Lipinski definition) is 5. The topological polar surface area (TPSA) is 84.2 Å². The van der Waals surface area contributed by atoms with Crippen LogP contribution in [0.5, 0.6) is 0 Å². The molecule has 0 spiro atoms. The lowest BCUT2D eigenvalue weighted by Crippen LogP contribution is -2.28. The number of aromatic nitrogens is 3. The molecule has 7 nitrogen and oxygen atoms in total. The van der Waals surface area contributed by atoms with Crippen molar-refractivity contribution in [1.29, 1.82) is 0 Å². The lowest BCUT2D eigenvalue weighted by Gasteiger charge is -2.08. The van der Waals surface area contributed by atoms with Gasteiger partial charge in [0.1, 0.15) is 5.71 Å². The van der Waals surface area contributed by atoms with Crippen molar-refractivity contribution in [3.8, 4) is 0 Å². The second kappa shape index (κ2) is 9.79. The Labute approximate surface area is 174 Å². The number of nitrogens with zero attached hydrogens (tertiary/aromatic N) is 4. The van der Waals surface area contributed by atoms with Crippen molar-refractivity contribution in [3.05, 3.63) is 76.0 Å². The molecule has 0 aliphatic carbocycles. The van der Waals surface area contributed by atoms with Crippen LogP contribution in [-0.2, 0) is 6.42 Å². The summed E-state index contributed by atoms with van der Waals surface area (Å²) in [6, 6.07) is 11.5. The van der Waals surface area contributed by atoms with Crippen molar-refractivity contribution in [2.75, 3.05) is 11.9 Å². The largest absolute Gasteiger partial charge is 0.338 e. The molecule has 1 aromatic carbocycles. The highest BCUT2D eigenvalue weighted by Crippen LogP contribution is 2.16.